The number of fused-ring (bicyclic) bond motifs is 1. The van der Waals surface area contributed by atoms with Gasteiger partial charge in [-0.25, -0.2) is 0 Å². The van der Waals surface area contributed by atoms with Crippen LogP contribution in [0.3, 0.4) is 0 Å². The van der Waals surface area contributed by atoms with Crippen molar-refractivity contribution in [3.05, 3.63) is 17.0 Å². The van der Waals surface area contributed by atoms with Crippen molar-refractivity contribution in [3.63, 3.8) is 0 Å². The van der Waals surface area contributed by atoms with E-state index in [-0.39, 0.29) is 0 Å². The van der Waals surface area contributed by atoms with Crippen molar-refractivity contribution in [1.29, 1.82) is 0 Å². The van der Waals surface area contributed by atoms with Crippen LogP contribution in [0.2, 0.25) is 0 Å². The minimum atomic E-state index is -4.31. The normalized spacial score (nSPS) is 17.0. The Hall–Kier alpha value is -1.00. The van der Waals surface area contributed by atoms with Crippen molar-refractivity contribution >= 4 is 0 Å². The van der Waals surface area contributed by atoms with Crippen LogP contribution in [-0.2, 0) is 25.6 Å². The molecule has 2 rings (SSSR count). The number of alkyl halides is 3. The van der Waals surface area contributed by atoms with Gasteiger partial charge in [0.2, 0.25) is 0 Å². The molecular formula is C11H15F3N2. The number of nitrogens with zero attached hydrogens (tertiary/aromatic N) is 2. The minimum Gasteiger partial charge on any atom is -0.269 e. The third kappa shape index (κ3) is 1.95. The summed E-state index contributed by atoms with van der Waals surface area (Å²) in [6.07, 6.45) is -0.248. The zero-order valence-electron chi connectivity index (χ0n) is 9.27. The van der Waals surface area contributed by atoms with Crippen LogP contribution >= 0.6 is 0 Å². The molecule has 0 bridgehead atoms. The molecule has 0 fully saturated rings. The molecule has 0 unspecified atom stereocenters. The predicted octanol–water partition coefficient (Wildman–Crippen LogP) is 3.19. The average Bonchev–Trinajstić information content (AvgIpc) is 2.41. The minimum absolute atomic E-state index is 0.437. The van der Waals surface area contributed by atoms with Crippen molar-refractivity contribution in [2.24, 2.45) is 0 Å². The maximum atomic E-state index is 12.8. The first-order chi connectivity index (χ1) is 7.54. The summed E-state index contributed by atoms with van der Waals surface area (Å²) in [7, 11) is 0. The Balaban J connectivity index is 2.50. The Morgan fingerprint density at radius 3 is 2.50 bits per heavy atom. The number of rotatable bonds is 1. The summed E-state index contributed by atoms with van der Waals surface area (Å²) in [5, 5.41) is 3.71. The van der Waals surface area contributed by atoms with Gasteiger partial charge >= 0.3 is 6.18 Å². The van der Waals surface area contributed by atoms with Crippen LogP contribution in [0.4, 0.5) is 13.2 Å². The SMILES string of the molecule is CCn1nc(C(F)(F)F)c2c1CCCCC2. The van der Waals surface area contributed by atoms with E-state index in [0.717, 1.165) is 31.4 Å². The van der Waals surface area contributed by atoms with Crippen LogP contribution in [0.25, 0.3) is 0 Å². The highest BCUT2D eigenvalue weighted by Gasteiger charge is 2.38. The van der Waals surface area contributed by atoms with Crippen LogP contribution in [0, 0.1) is 0 Å². The predicted molar refractivity (Wildman–Crippen MR) is 54.2 cm³/mol. The van der Waals surface area contributed by atoms with Crippen LogP contribution in [0.5, 0.6) is 0 Å². The number of aromatic nitrogens is 2. The molecular weight excluding hydrogens is 217 g/mol. The zero-order valence-corrected chi connectivity index (χ0v) is 9.27. The third-order valence-corrected chi connectivity index (χ3v) is 3.07. The fraction of sp³-hybridized carbons (Fsp3) is 0.727. The Kier molecular flexibility index (Phi) is 2.95. The van der Waals surface area contributed by atoms with Gasteiger partial charge in [0.25, 0.3) is 0 Å². The Morgan fingerprint density at radius 2 is 1.88 bits per heavy atom. The lowest BCUT2D eigenvalue weighted by atomic mass is 10.1. The maximum absolute atomic E-state index is 12.8. The topological polar surface area (TPSA) is 17.8 Å². The van der Waals surface area contributed by atoms with Gasteiger partial charge < -0.3 is 0 Å². The molecule has 0 aromatic carbocycles. The quantitative estimate of drug-likeness (QED) is 0.680. The van der Waals surface area contributed by atoms with Crippen molar-refractivity contribution in [1.82, 2.24) is 9.78 Å². The molecule has 1 aliphatic carbocycles. The second-order valence-corrected chi connectivity index (χ2v) is 4.15. The summed E-state index contributed by atoms with van der Waals surface area (Å²) < 4.78 is 39.9. The molecule has 90 valence electrons. The number of aryl methyl sites for hydroxylation is 1. The van der Waals surface area contributed by atoms with Crippen molar-refractivity contribution in [3.8, 4) is 0 Å². The highest BCUT2D eigenvalue weighted by Crippen LogP contribution is 2.35. The van der Waals surface area contributed by atoms with E-state index in [9.17, 15) is 13.2 Å². The zero-order chi connectivity index (χ0) is 11.8. The third-order valence-electron chi connectivity index (χ3n) is 3.07. The second-order valence-electron chi connectivity index (χ2n) is 4.15. The average molecular weight is 232 g/mol. The van der Waals surface area contributed by atoms with E-state index in [2.05, 4.69) is 5.10 Å². The second kappa shape index (κ2) is 4.11. The lowest BCUT2D eigenvalue weighted by Gasteiger charge is -2.05. The molecule has 1 aliphatic rings. The summed E-state index contributed by atoms with van der Waals surface area (Å²) in [6, 6.07) is 0. The molecule has 0 saturated heterocycles. The van der Waals surface area contributed by atoms with Gasteiger partial charge in [-0.2, -0.15) is 18.3 Å². The molecule has 1 aromatic heterocycles. The standard InChI is InChI=1S/C11H15F3N2/c1-2-16-9-7-5-3-4-6-8(9)10(15-16)11(12,13)14/h2-7H2,1H3. The molecule has 0 amide bonds. The molecule has 0 N–H and O–H groups in total. The number of hydrogen-bond acceptors (Lipinski definition) is 1. The van der Waals surface area contributed by atoms with Gasteiger partial charge in [0.15, 0.2) is 5.69 Å². The molecule has 0 atom stereocenters. The molecule has 1 aromatic rings. The number of halogens is 3. The first kappa shape index (κ1) is 11.5. The van der Waals surface area contributed by atoms with Crippen LogP contribution in [0.15, 0.2) is 0 Å². The van der Waals surface area contributed by atoms with E-state index >= 15 is 0 Å². The monoisotopic (exact) mass is 232 g/mol. The van der Waals surface area contributed by atoms with Gasteiger partial charge in [0.05, 0.1) is 0 Å². The van der Waals surface area contributed by atoms with Crippen molar-refractivity contribution in [2.45, 2.75) is 51.7 Å². The number of hydrogen-bond donors (Lipinski definition) is 0. The summed E-state index contributed by atoms with van der Waals surface area (Å²) in [5.74, 6) is 0. The van der Waals surface area contributed by atoms with E-state index in [4.69, 9.17) is 0 Å². The van der Waals surface area contributed by atoms with Gasteiger partial charge in [-0.15, -0.1) is 0 Å². The lowest BCUT2D eigenvalue weighted by Crippen LogP contribution is -2.09. The molecule has 2 nitrogen and oxygen atoms in total. The van der Waals surface area contributed by atoms with Crippen LogP contribution in [0.1, 0.15) is 43.1 Å². The van der Waals surface area contributed by atoms with E-state index in [1.165, 1.54) is 4.68 Å². The lowest BCUT2D eigenvalue weighted by molar-refractivity contribution is -0.142. The van der Waals surface area contributed by atoms with Crippen molar-refractivity contribution in [2.75, 3.05) is 0 Å². The fourth-order valence-electron chi connectivity index (χ4n) is 2.34. The summed E-state index contributed by atoms with van der Waals surface area (Å²) in [4.78, 5) is 0. The van der Waals surface area contributed by atoms with Gasteiger partial charge in [0.1, 0.15) is 0 Å². The highest BCUT2D eigenvalue weighted by molar-refractivity contribution is 5.29. The van der Waals surface area contributed by atoms with E-state index in [1.807, 2.05) is 6.92 Å². The molecule has 0 radical (unpaired) electrons. The van der Waals surface area contributed by atoms with Crippen LogP contribution < -0.4 is 0 Å². The van der Waals surface area contributed by atoms with Gasteiger partial charge in [-0.1, -0.05) is 6.42 Å². The van der Waals surface area contributed by atoms with E-state index in [1.54, 1.807) is 0 Å². The van der Waals surface area contributed by atoms with E-state index in [0.29, 0.717) is 18.5 Å². The Morgan fingerprint density at radius 1 is 1.19 bits per heavy atom. The molecule has 1 heterocycles. The first-order valence-corrected chi connectivity index (χ1v) is 5.69. The molecule has 16 heavy (non-hydrogen) atoms. The van der Waals surface area contributed by atoms with E-state index < -0.39 is 11.9 Å². The molecule has 0 spiro atoms. The summed E-state index contributed by atoms with van der Waals surface area (Å²) >= 11 is 0. The molecule has 0 saturated carbocycles. The first-order valence-electron chi connectivity index (χ1n) is 5.69. The molecule has 0 aliphatic heterocycles. The fourth-order valence-corrected chi connectivity index (χ4v) is 2.34. The van der Waals surface area contributed by atoms with Crippen LogP contribution in [-0.4, -0.2) is 9.78 Å². The van der Waals surface area contributed by atoms with Gasteiger partial charge in [0, 0.05) is 17.8 Å². The summed E-state index contributed by atoms with van der Waals surface area (Å²) in [5.41, 5.74) is 0.574. The smallest absolute Gasteiger partial charge is 0.269 e. The van der Waals surface area contributed by atoms with Crippen molar-refractivity contribution < 1.29 is 13.2 Å². The van der Waals surface area contributed by atoms with Gasteiger partial charge in [-0.3, -0.25) is 4.68 Å². The Bertz CT molecular complexity index is 379. The maximum Gasteiger partial charge on any atom is 0.435 e. The highest BCUT2D eigenvalue weighted by atomic mass is 19.4. The van der Waals surface area contributed by atoms with Gasteiger partial charge in [-0.05, 0) is 32.6 Å². The Labute approximate surface area is 92.4 Å². The largest absolute Gasteiger partial charge is 0.435 e. The molecule has 5 heteroatoms. The summed E-state index contributed by atoms with van der Waals surface area (Å²) in [6.45, 7) is 2.34.